The minimum absolute atomic E-state index is 0.141. The lowest BCUT2D eigenvalue weighted by Crippen LogP contribution is -2.45. The second kappa shape index (κ2) is 6.06. The molecule has 1 aromatic carbocycles. The average Bonchev–Trinajstić information content (AvgIpc) is 2.44. The highest BCUT2D eigenvalue weighted by atomic mass is 32.2. The first-order chi connectivity index (χ1) is 11.2. The SMILES string of the molecule is O=C(c1ccccc1OC(F)(F)F)C1CC2CCCC(C1)S2(=O)=O. The van der Waals surface area contributed by atoms with E-state index in [0.717, 1.165) is 12.5 Å². The Kier molecular flexibility index (Phi) is 4.36. The standard InChI is InChI=1S/C16H17F3O4S/c17-16(18,19)23-14-7-2-1-6-13(14)15(20)10-8-11-4-3-5-12(9-10)24(11,21)22/h1-2,6-7,10-12H,3-5,8-9H2. The minimum atomic E-state index is -4.89. The molecule has 2 aliphatic heterocycles. The normalized spacial score (nSPS) is 29.0. The molecule has 2 fully saturated rings. The van der Waals surface area contributed by atoms with Crippen LogP contribution in [0.1, 0.15) is 42.5 Å². The van der Waals surface area contributed by atoms with Gasteiger partial charge < -0.3 is 4.74 Å². The van der Waals surface area contributed by atoms with E-state index in [1.807, 2.05) is 0 Å². The van der Waals surface area contributed by atoms with Crippen molar-refractivity contribution < 1.29 is 31.1 Å². The van der Waals surface area contributed by atoms with E-state index in [4.69, 9.17) is 0 Å². The number of Topliss-reactive ketones (excluding diaryl/α,β-unsaturated/α-hetero) is 1. The van der Waals surface area contributed by atoms with Crippen molar-refractivity contribution in [2.45, 2.75) is 49.0 Å². The summed E-state index contributed by atoms with van der Waals surface area (Å²) in [5.41, 5.74) is -0.141. The summed E-state index contributed by atoms with van der Waals surface area (Å²) < 4.78 is 66.0. The van der Waals surface area contributed by atoms with Crippen LogP contribution in [-0.2, 0) is 9.84 Å². The zero-order chi connectivity index (χ0) is 17.5. The largest absolute Gasteiger partial charge is 0.573 e. The number of carbonyl (C=O) groups is 1. The Labute approximate surface area is 137 Å². The van der Waals surface area contributed by atoms with Crippen molar-refractivity contribution in [2.24, 2.45) is 5.92 Å². The molecule has 2 atom stereocenters. The van der Waals surface area contributed by atoms with Crippen LogP contribution in [0.3, 0.4) is 0 Å². The Morgan fingerprint density at radius 3 is 2.25 bits per heavy atom. The van der Waals surface area contributed by atoms with Crippen LogP contribution in [0, 0.1) is 5.92 Å². The summed E-state index contributed by atoms with van der Waals surface area (Å²) in [5.74, 6) is -1.59. The van der Waals surface area contributed by atoms with E-state index in [2.05, 4.69) is 4.74 Å². The topological polar surface area (TPSA) is 60.4 Å². The Hall–Kier alpha value is -1.57. The fourth-order valence-corrected chi connectivity index (χ4v) is 6.26. The molecule has 24 heavy (non-hydrogen) atoms. The van der Waals surface area contributed by atoms with Crippen LogP contribution < -0.4 is 4.74 Å². The number of rotatable bonds is 3. The Morgan fingerprint density at radius 1 is 1.08 bits per heavy atom. The highest BCUT2D eigenvalue weighted by Crippen LogP contribution is 2.41. The fourth-order valence-electron chi connectivity index (χ4n) is 3.73. The van der Waals surface area contributed by atoms with Crippen LogP contribution in [0.2, 0.25) is 0 Å². The van der Waals surface area contributed by atoms with Gasteiger partial charge in [-0.3, -0.25) is 4.79 Å². The molecule has 132 valence electrons. The van der Waals surface area contributed by atoms with Crippen LogP contribution in [0.4, 0.5) is 13.2 Å². The number of para-hydroxylation sites is 1. The fraction of sp³-hybridized carbons (Fsp3) is 0.562. The first kappa shape index (κ1) is 17.3. The number of ether oxygens (including phenoxy) is 1. The molecular weight excluding hydrogens is 345 g/mol. The molecule has 0 aromatic heterocycles. The van der Waals surface area contributed by atoms with Gasteiger partial charge in [-0.2, -0.15) is 0 Å². The maximum Gasteiger partial charge on any atom is 0.573 e. The van der Waals surface area contributed by atoms with Crippen molar-refractivity contribution in [3.8, 4) is 5.75 Å². The van der Waals surface area contributed by atoms with E-state index in [1.165, 1.54) is 18.2 Å². The van der Waals surface area contributed by atoms with Gasteiger partial charge in [0.15, 0.2) is 15.6 Å². The van der Waals surface area contributed by atoms with Crippen molar-refractivity contribution in [1.29, 1.82) is 0 Å². The first-order valence-corrected chi connectivity index (χ1v) is 9.41. The van der Waals surface area contributed by atoms with E-state index in [9.17, 15) is 26.4 Å². The summed E-state index contributed by atoms with van der Waals surface area (Å²) in [5, 5.41) is -1.12. The Morgan fingerprint density at radius 2 is 1.67 bits per heavy atom. The maximum atomic E-state index is 12.7. The van der Waals surface area contributed by atoms with Gasteiger partial charge in [-0.15, -0.1) is 13.2 Å². The summed E-state index contributed by atoms with van der Waals surface area (Å²) in [6, 6.07) is 5.22. The second-order valence-corrected chi connectivity index (χ2v) is 8.85. The zero-order valence-electron chi connectivity index (χ0n) is 12.8. The monoisotopic (exact) mass is 362 g/mol. The van der Waals surface area contributed by atoms with Crippen molar-refractivity contribution in [3.05, 3.63) is 29.8 Å². The first-order valence-electron chi connectivity index (χ1n) is 7.80. The van der Waals surface area contributed by atoms with Gasteiger partial charge in [0.05, 0.1) is 16.1 Å². The minimum Gasteiger partial charge on any atom is -0.405 e. The molecule has 2 bridgehead atoms. The molecule has 2 unspecified atom stereocenters. The van der Waals surface area contributed by atoms with Crippen molar-refractivity contribution >= 4 is 15.6 Å². The molecule has 2 saturated heterocycles. The molecule has 0 spiro atoms. The third-order valence-corrected chi connectivity index (χ3v) is 7.54. The van der Waals surface area contributed by atoms with Gasteiger partial charge in [-0.25, -0.2) is 8.42 Å². The molecule has 2 heterocycles. The average molecular weight is 362 g/mol. The lowest BCUT2D eigenvalue weighted by Gasteiger charge is -2.38. The lowest BCUT2D eigenvalue weighted by molar-refractivity contribution is -0.274. The number of sulfone groups is 1. The van der Waals surface area contributed by atoms with Gasteiger partial charge in [-0.1, -0.05) is 18.6 Å². The third-order valence-electron chi connectivity index (χ3n) is 4.83. The summed E-state index contributed by atoms with van der Waals surface area (Å²) in [6.45, 7) is 0. The lowest BCUT2D eigenvalue weighted by atomic mass is 9.84. The molecule has 3 rings (SSSR count). The number of carbonyl (C=O) groups excluding carboxylic acids is 1. The Balaban J connectivity index is 1.86. The predicted octanol–water partition coefficient (Wildman–Crippen LogP) is 3.51. The van der Waals surface area contributed by atoms with Crippen LogP contribution in [0.15, 0.2) is 24.3 Å². The van der Waals surface area contributed by atoms with Crippen LogP contribution >= 0.6 is 0 Å². The van der Waals surface area contributed by atoms with Gasteiger partial charge in [-0.05, 0) is 37.8 Å². The molecule has 8 heteroatoms. The Bertz CT molecular complexity index is 722. The van der Waals surface area contributed by atoms with Crippen molar-refractivity contribution in [2.75, 3.05) is 0 Å². The molecule has 0 saturated carbocycles. The molecule has 4 nitrogen and oxygen atoms in total. The maximum absolute atomic E-state index is 12.7. The number of benzene rings is 1. The number of hydrogen-bond acceptors (Lipinski definition) is 4. The smallest absolute Gasteiger partial charge is 0.405 e. The quantitative estimate of drug-likeness (QED) is 0.772. The van der Waals surface area contributed by atoms with Crippen LogP contribution in [-0.4, -0.2) is 31.1 Å². The van der Waals surface area contributed by atoms with Crippen molar-refractivity contribution in [3.63, 3.8) is 0 Å². The van der Waals surface area contributed by atoms with Gasteiger partial charge >= 0.3 is 6.36 Å². The number of ketones is 1. The third kappa shape index (κ3) is 3.29. The molecule has 0 N–H and O–H groups in total. The van der Waals surface area contributed by atoms with E-state index < -0.39 is 44.2 Å². The summed E-state index contributed by atoms with van der Waals surface area (Å²) >= 11 is 0. The van der Waals surface area contributed by atoms with Gasteiger partial charge in [0.1, 0.15) is 5.75 Å². The number of hydrogen-bond donors (Lipinski definition) is 0. The van der Waals surface area contributed by atoms with E-state index in [-0.39, 0.29) is 18.4 Å². The molecule has 2 aliphatic rings. The van der Waals surface area contributed by atoms with E-state index >= 15 is 0 Å². The summed E-state index contributed by atoms with van der Waals surface area (Å²) in [7, 11) is -3.22. The highest BCUT2D eigenvalue weighted by Gasteiger charge is 2.46. The molecule has 0 radical (unpaired) electrons. The van der Waals surface area contributed by atoms with Gasteiger partial charge in [0, 0.05) is 5.92 Å². The van der Waals surface area contributed by atoms with Gasteiger partial charge in [0.25, 0.3) is 0 Å². The summed E-state index contributed by atoms with van der Waals surface area (Å²) in [4.78, 5) is 12.7. The number of fused-ring (bicyclic) bond motifs is 2. The highest BCUT2D eigenvalue weighted by molar-refractivity contribution is 7.92. The van der Waals surface area contributed by atoms with E-state index in [0.29, 0.717) is 12.8 Å². The predicted molar refractivity (Wildman–Crippen MR) is 80.5 cm³/mol. The summed E-state index contributed by atoms with van der Waals surface area (Å²) in [6.07, 6.45) is -2.69. The second-order valence-electron chi connectivity index (χ2n) is 6.34. The van der Waals surface area contributed by atoms with Crippen molar-refractivity contribution in [1.82, 2.24) is 0 Å². The molecule has 0 aliphatic carbocycles. The van der Waals surface area contributed by atoms with Crippen LogP contribution in [0.25, 0.3) is 0 Å². The van der Waals surface area contributed by atoms with Crippen LogP contribution in [0.5, 0.6) is 5.75 Å². The van der Waals surface area contributed by atoms with Gasteiger partial charge in [0.2, 0.25) is 0 Å². The van der Waals surface area contributed by atoms with E-state index in [1.54, 1.807) is 0 Å². The molecule has 1 aromatic rings. The number of alkyl halides is 3. The zero-order valence-corrected chi connectivity index (χ0v) is 13.6. The molecule has 0 amide bonds. The number of halogens is 3. The molecular formula is C16H17F3O4S.